The van der Waals surface area contributed by atoms with Crippen LogP contribution in [0.25, 0.3) is 0 Å². The van der Waals surface area contributed by atoms with Crippen LogP contribution in [0.2, 0.25) is 0 Å². The van der Waals surface area contributed by atoms with Crippen molar-refractivity contribution in [1.29, 1.82) is 0 Å². The molecule has 0 aliphatic heterocycles. The molecule has 1 unspecified atom stereocenters. The number of carbonyl (C=O) groups excluding carboxylic acids is 3. The van der Waals surface area contributed by atoms with Gasteiger partial charge in [0, 0.05) is 19.3 Å². The van der Waals surface area contributed by atoms with Crippen LogP contribution in [0.5, 0.6) is 0 Å². The van der Waals surface area contributed by atoms with Gasteiger partial charge in [-0.25, -0.2) is 0 Å². The van der Waals surface area contributed by atoms with E-state index in [2.05, 4.69) is 118 Å². The minimum atomic E-state index is -0.781. The van der Waals surface area contributed by atoms with Gasteiger partial charge in [0.05, 0.1) is 0 Å². The van der Waals surface area contributed by atoms with Crippen molar-refractivity contribution in [3.63, 3.8) is 0 Å². The van der Waals surface area contributed by atoms with Crippen LogP contribution in [-0.2, 0) is 28.6 Å². The summed E-state index contributed by atoms with van der Waals surface area (Å²) in [6, 6.07) is 0. The van der Waals surface area contributed by atoms with E-state index in [9.17, 15) is 14.4 Å². The number of allylic oxidation sites excluding steroid dienone is 16. The fourth-order valence-electron chi connectivity index (χ4n) is 9.58. The third-order valence-electron chi connectivity index (χ3n) is 14.6. The Balaban J connectivity index is 4.25. The Morgan fingerprint density at radius 1 is 0.266 bits per heavy atom. The van der Waals surface area contributed by atoms with Crippen LogP contribution in [-0.4, -0.2) is 37.2 Å². The van der Waals surface area contributed by atoms with E-state index in [0.29, 0.717) is 19.3 Å². The SMILES string of the molecule is CC/C=C\C/C=C\C/C=C\C/C=C\C/C=C\C/C=C\C/C=C\C/C=C\CCCCCCCCC(=O)OCC(COC(=O)CCCCCCCCCCCC)OC(=O)CCCCCCCCCCCCCCCCCCCCCC. The minimum Gasteiger partial charge on any atom is -0.462 e. The van der Waals surface area contributed by atoms with Crippen molar-refractivity contribution in [2.24, 2.45) is 0 Å². The molecule has 454 valence electrons. The predicted molar refractivity (Wildman–Crippen MR) is 344 cm³/mol. The number of hydrogen-bond donors (Lipinski definition) is 0. The molecule has 0 N–H and O–H groups in total. The molecule has 1 atom stereocenters. The van der Waals surface area contributed by atoms with Gasteiger partial charge in [0.2, 0.25) is 0 Å². The Bertz CT molecular complexity index is 1540. The van der Waals surface area contributed by atoms with Crippen LogP contribution in [0.3, 0.4) is 0 Å². The summed E-state index contributed by atoms with van der Waals surface area (Å²) in [6.07, 6.45) is 90.0. The van der Waals surface area contributed by atoms with E-state index in [1.807, 2.05) is 0 Å². The molecule has 0 fully saturated rings. The number of rotatable bonds is 61. The number of ether oxygens (including phenoxy) is 3. The summed E-state index contributed by atoms with van der Waals surface area (Å²) in [7, 11) is 0. The topological polar surface area (TPSA) is 78.9 Å². The third kappa shape index (κ3) is 65.0. The van der Waals surface area contributed by atoms with Crippen LogP contribution in [0, 0.1) is 0 Å². The van der Waals surface area contributed by atoms with Crippen LogP contribution < -0.4 is 0 Å². The highest BCUT2D eigenvalue weighted by Crippen LogP contribution is 2.17. The highest BCUT2D eigenvalue weighted by Gasteiger charge is 2.19. The van der Waals surface area contributed by atoms with Crippen molar-refractivity contribution in [2.75, 3.05) is 13.2 Å². The second kappa shape index (κ2) is 66.8. The van der Waals surface area contributed by atoms with Crippen LogP contribution in [0.1, 0.15) is 329 Å². The average Bonchev–Trinajstić information content (AvgIpc) is 3.45. The van der Waals surface area contributed by atoms with Gasteiger partial charge in [0.15, 0.2) is 6.10 Å². The molecule has 0 heterocycles. The lowest BCUT2D eigenvalue weighted by Crippen LogP contribution is -2.30. The van der Waals surface area contributed by atoms with E-state index in [0.717, 1.165) is 122 Å². The number of unbranched alkanes of at least 4 members (excludes halogenated alkanes) is 34. The van der Waals surface area contributed by atoms with Crippen LogP contribution >= 0.6 is 0 Å². The molecule has 0 amide bonds. The quantitative estimate of drug-likeness (QED) is 0.0261. The molecule has 6 nitrogen and oxygen atoms in total. The second-order valence-corrected chi connectivity index (χ2v) is 22.4. The molecule has 0 radical (unpaired) electrons. The summed E-state index contributed by atoms with van der Waals surface area (Å²) in [5.41, 5.74) is 0. The first kappa shape index (κ1) is 75.3. The molecule has 0 saturated heterocycles. The Hall–Kier alpha value is -3.67. The lowest BCUT2D eigenvalue weighted by molar-refractivity contribution is -0.167. The van der Waals surface area contributed by atoms with Gasteiger partial charge in [-0.15, -0.1) is 0 Å². The van der Waals surface area contributed by atoms with E-state index < -0.39 is 6.10 Å². The first-order valence-electron chi connectivity index (χ1n) is 33.7. The minimum absolute atomic E-state index is 0.0776. The van der Waals surface area contributed by atoms with Crippen molar-refractivity contribution in [3.8, 4) is 0 Å². The van der Waals surface area contributed by atoms with Gasteiger partial charge in [0.25, 0.3) is 0 Å². The van der Waals surface area contributed by atoms with Crippen LogP contribution in [0.4, 0.5) is 0 Å². The Morgan fingerprint density at radius 2 is 0.494 bits per heavy atom. The van der Waals surface area contributed by atoms with E-state index in [-0.39, 0.29) is 31.1 Å². The normalized spacial score (nSPS) is 12.7. The zero-order valence-electron chi connectivity index (χ0n) is 52.1. The third-order valence-corrected chi connectivity index (χ3v) is 14.6. The number of esters is 3. The maximum atomic E-state index is 12.9. The van der Waals surface area contributed by atoms with Gasteiger partial charge < -0.3 is 14.2 Å². The number of carbonyl (C=O) groups is 3. The van der Waals surface area contributed by atoms with Gasteiger partial charge in [-0.1, -0.05) is 323 Å². The molecule has 0 aromatic rings. The van der Waals surface area contributed by atoms with Gasteiger partial charge in [-0.05, 0) is 83.5 Å². The molecule has 0 aromatic carbocycles. The molecule has 0 saturated carbocycles. The molecule has 0 aliphatic rings. The number of hydrogen-bond acceptors (Lipinski definition) is 6. The smallest absolute Gasteiger partial charge is 0.306 e. The zero-order valence-corrected chi connectivity index (χ0v) is 52.1. The molecule has 0 aliphatic carbocycles. The highest BCUT2D eigenvalue weighted by atomic mass is 16.6. The summed E-state index contributed by atoms with van der Waals surface area (Å²) >= 11 is 0. The fraction of sp³-hybridized carbons (Fsp3) is 0.740. The Labute approximate surface area is 489 Å². The van der Waals surface area contributed by atoms with E-state index in [1.165, 1.54) is 167 Å². The van der Waals surface area contributed by atoms with Gasteiger partial charge in [-0.2, -0.15) is 0 Å². The van der Waals surface area contributed by atoms with E-state index >= 15 is 0 Å². The summed E-state index contributed by atoms with van der Waals surface area (Å²) < 4.78 is 16.9. The largest absolute Gasteiger partial charge is 0.462 e. The molecular formula is C73H126O6. The molecular weight excluding hydrogens is 973 g/mol. The summed E-state index contributed by atoms with van der Waals surface area (Å²) in [4.78, 5) is 38.3. The predicted octanol–water partition coefficient (Wildman–Crippen LogP) is 23.2. The van der Waals surface area contributed by atoms with Crippen LogP contribution in [0.15, 0.2) is 97.2 Å². The average molecular weight is 1100 g/mol. The van der Waals surface area contributed by atoms with Gasteiger partial charge in [0.1, 0.15) is 13.2 Å². The van der Waals surface area contributed by atoms with Crippen molar-refractivity contribution in [3.05, 3.63) is 97.2 Å². The zero-order chi connectivity index (χ0) is 57.1. The maximum absolute atomic E-state index is 12.9. The summed E-state index contributed by atoms with van der Waals surface area (Å²) in [6.45, 7) is 6.54. The molecule has 0 rings (SSSR count). The molecule has 0 aromatic heterocycles. The van der Waals surface area contributed by atoms with Crippen molar-refractivity contribution in [2.45, 2.75) is 335 Å². The molecule has 6 heteroatoms. The van der Waals surface area contributed by atoms with Crippen molar-refractivity contribution >= 4 is 17.9 Å². The molecule has 79 heavy (non-hydrogen) atoms. The van der Waals surface area contributed by atoms with E-state index in [1.54, 1.807) is 0 Å². The standard InChI is InChI=1S/C73H126O6/c1-4-7-10-13-16-19-22-24-26-28-30-32-33-34-35-36-37-38-39-40-41-42-44-45-47-49-51-54-57-60-63-66-72(75)78-69-70(68-77-71(74)65-62-59-56-53-21-18-15-12-9-6-3)79-73(76)67-64-61-58-55-52-50-48-46-43-31-29-27-25-23-20-17-14-11-8-5-2/h7,10,16,19,24,26,30,32,34-35,37-38,40-41,44-45,70H,4-6,8-9,11-15,17-18,20-23,25,27-29,31,33,36,39,42-43,46-69H2,1-3H3/b10-7-,19-16-,26-24-,32-30-,35-34-,38-37-,41-40-,45-44-. The first-order valence-corrected chi connectivity index (χ1v) is 33.7. The van der Waals surface area contributed by atoms with E-state index in [4.69, 9.17) is 14.2 Å². The second-order valence-electron chi connectivity index (χ2n) is 22.4. The molecule has 0 spiro atoms. The lowest BCUT2D eigenvalue weighted by Gasteiger charge is -2.18. The van der Waals surface area contributed by atoms with Gasteiger partial charge in [-0.3, -0.25) is 14.4 Å². The van der Waals surface area contributed by atoms with Gasteiger partial charge >= 0.3 is 17.9 Å². The molecule has 0 bridgehead atoms. The van der Waals surface area contributed by atoms with Crippen molar-refractivity contribution < 1.29 is 28.6 Å². The summed E-state index contributed by atoms with van der Waals surface area (Å²) in [5.74, 6) is -0.879. The van der Waals surface area contributed by atoms with Crippen molar-refractivity contribution in [1.82, 2.24) is 0 Å². The Morgan fingerprint density at radius 3 is 0.772 bits per heavy atom. The lowest BCUT2D eigenvalue weighted by atomic mass is 10.0. The summed E-state index contributed by atoms with van der Waals surface area (Å²) in [5, 5.41) is 0. The fourth-order valence-corrected chi connectivity index (χ4v) is 9.58. The monoisotopic (exact) mass is 1100 g/mol. The maximum Gasteiger partial charge on any atom is 0.306 e. The Kier molecular flexibility index (Phi) is 63.7. The highest BCUT2D eigenvalue weighted by molar-refractivity contribution is 5.71. The first-order chi connectivity index (χ1) is 39.0.